The molecule has 0 aromatic heterocycles. The predicted molar refractivity (Wildman–Crippen MR) is 127 cm³/mol. The van der Waals surface area contributed by atoms with Crippen molar-refractivity contribution in [3.8, 4) is 11.1 Å². The maximum Gasteiger partial charge on any atom is 0.407 e. The molecule has 0 bridgehead atoms. The molecule has 0 radical (unpaired) electrons. The number of alkyl carbamates (subject to hydrolysis) is 1. The van der Waals surface area contributed by atoms with Gasteiger partial charge < -0.3 is 20.1 Å². The number of nitrogens with zero attached hydrogens (tertiary/aromatic N) is 1. The van der Waals surface area contributed by atoms with Crippen LogP contribution in [0, 0.1) is 0 Å². The lowest BCUT2D eigenvalue weighted by molar-refractivity contribution is -0.148. The molecule has 7 nitrogen and oxygen atoms in total. The number of aliphatic carboxylic acids is 1. The molecule has 8 heteroatoms. The minimum atomic E-state index is -0.995. The number of benzene rings is 2. The van der Waals surface area contributed by atoms with Crippen molar-refractivity contribution in [1.82, 2.24) is 10.2 Å². The first-order valence-electron chi connectivity index (χ1n) is 11.2. The fraction of sp³-hybridized carbons (Fsp3) is 0.400. The number of carbonyl (C=O) groups is 3. The van der Waals surface area contributed by atoms with Crippen LogP contribution in [0.25, 0.3) is 11.1 Å². The van der Waals surface area contributed by atoms with Crippen molar-refractivity contribution in [3.63, 3.8) is 0 Å². The number of amides is 2. The highest BCUT2D eigenvalue weighted by Crippen LogP contribution is 2.44. The topological polar surface area (TPSA) is 95.9 Å². The van der Waals surface area contributed by atoms with Crippen LogP contribution in [0.4, 0.5) is 4.79 Å². The van der Waals surface area contributed by atoms with Crippen LogP contribution >= 0.6 is 11.8 Å². The van der Waals surface area contributed by atoms with Gasteiger partial charge in [-0.25, -0.2) is 9.59 Å². The fourth-order valence-electron chi connectivity index (χ4n) is 4.60. The molecule has 2 N–H and O–H groups in total. The third-order valence-corrected chi connectivity index (χ3v) is 7.22. The van der Waals surface area contributed by atoms with Gasteiger partial charge in [0.1, 0.15) is 12.6 Å². The molecule has 0 spiro atoms. The quantitative estimate of drug-likeness (QED) is 0.606. The molecule has 1 aliphatic heterocycles. The number of carboxylic acid groups (broad SMARTS) is 1. The minimum absolute atomic E-state index is 0.0349. The molecule has 2 atom stereocenters. The molecule has 1 fully saturated rings. The zero-order valence-electron chi connectivity index (χ0n) is 18.5. The largest absolute Gasteiger partial charge is 0.480 e. The summed E-state index contributed by atoms with van der Waals surface area (Å²) in [4.78, 5) is 38.1. The SMILES string of the molecule is CCCC(CC(=O)N1CSC[C@H]1C(=O)O)NC(=O)OCC1c2ccccc2-c2ccccc21. The van der Waals surface area contributed by atoms with Crippen LogP contribution in [0.15, 0.2) is 48.5 Å². The molecule has 2 aliphatic rings. The Morgan fingerprint density at radius 3 is 2.36 bits per heavy atom. The van der Waals surface area contributed by atoms with E-state index < -0.39 is 24.1 Å². The van der Waals surface area contributed by atoms with Crippen molar-refractivity contribution in [1.29, 1.82) is 0 Å². The van der Waals surface area contributed by atoms with Gasteiger partial charge in [-0.1, -0.05) is 61.9 Å². The van der Waals surface area contributed by atoms with Crippen LogP contribution in [-0.4, -0.2) is 58.3 Å². The summed E-state index contributed by atoms with van der Waals surface area (Å²) in [7, 11) is 0. The second-order valence-corrected chi connectivity index (χ2v) is 9.38. The van der Waals surface area contributed by atoms with E-state index in [0.29, 0.717) is 18.1 Å². The van der Waals surface area contributed by atoms with Gasteiger partial charge in [-0.05, 0) is 28.7 Å². The Hall–Kier alpha value is -3.00. The fourth-order valence-corrected chi connectivity index (χ4v) is 5.77. The van der Waals surface area contributed by atoms with Gasteiger partial charge in [0.05, 0.1) is 5.88 Å². The zero-order valence-corrected chi connectivity index (χ0v) is 19.3. The van der Waals surface area contributed by atoms with Gasteiger partial charge in [0.15, 0.2) is 0 Å². The molecule has 2 amide bonds. The van der Waals surface area contributed by atoms with E-state index in [4.69, 9.17) is 4.74 Å². The standard InChI is InChI=1S/C25H28N2O5S/c1-2-7-16(12-23(28)27-15-33-14-22(27)24(29)30)26-25(31)32-13-21-19-10-5-3-8-17(19)18-9-4-6-11-20(18)21/h3-6,8-11,16,21-22H,2,7,12-15H2,1H3,(H,26,31)(H,29,30)/t16?,22-/m0/s1. The Labute approximate surface area is 197 Å². The van der Waals surface area contributed by atoms with E-state index in [2.05, 4.69) is 29.6 Å². The first-order valence-corrected chi connectivity index (χ1v) is 12.4. The monoisotopic (exact) mass is 468 g/mol. The maximum absolute atomic E-state index is 12.7. The molecule has 2 aromatic carbocycles. The van der Waals surface area contributed by atoms with Crippen molar-refractivity contribution >= 4 is 29.7 Å². The highest BCUT2D eigenvalue weighted by atomic mass is 32.2. The first kappa shape index (κ1) is 23.2. The van der Waals surface area contributed by atoms with Gasteiger partial charge in [-0.15, -0.1) is 11.8 Å². The summed E-state index contributed by atoms with van der Waals surface area (Å²) in [5.41, 5.74) is 4.59. The van der Waals surface area contributed by atoms with Gasteiger partial charge in [-0.3, -0.25) is 4.79 Å². The lowest BCUT2D eigenvalue weighted by atomic mass is 9.98. The number of fused-ring (bicyclic) bond motifs is 3. The van der Waals surface area contributed by atoms with E-state index in [-0.39, 0.29) is 24.9 Å². The van der Waals surface area contributed by atoms with Gasteiger partial charge in [0.2, 0.25) is 5.91 Å². The highest BCUT2D eigenvalue weighted by molar-refractivity contribution is 7.99. The smallest absolute Gasteiger partial charge is 0.407 e. The molecule has 1 saturated heterocycles. The number of ether oxygens (including phenoxy) is 1. The van der Waals surface area contributed by atoms with E-state index >= 15 is 0 Å². The summed E-state index contributed by atoms with van der Waals surface area (Å²) in [6.45, 7) is 2.18. The lowest BCUT2D eigenvalue weighted by Gasteiger charge is -2.24. The summed E-state index contributed by atoms with van der Waals surface area (Å²) >= 11 is 1.42. The molecular formula is C25H28N2O5S. The number of nitrogens with one attached hydrogen (secondary N) is 1. The summed E-state index contributed by atoms with van der Waals surface area (Å²) in [6, 6.07) is 15.1. The highest BCUT2D eigenvalue weighted by Gasteiger charge is 2.35. The summed E-state index contributed by atoms with van der Waals surface area (Å²) in [5, 5.41) is 12.2. The Bertz CT molecular complexity index is 997. The predicted octanol–water partition coefficient (Wildman–Crippen LogP) is 4.07. The van der Waals surface area contributed by atoms with Crippen molar-refractivity contribution in [3.05, 3.63) is 59.7 Å². The average Bonchev–Trinajstić information content (AvgIpc) is 3.42. The van der Waals surface area contributed by atoms with Crippen LogP contribution in [0.2, 0.25) is 0 Å². The third kappa shape index (κ3) is 5.00. The Balaban J connectivity index is 1.37. The second-order valence-electron chi connectivity index (χ2n) is 8.38. The van der Waals surface area contributed by atoms with Crippen LogP contribution in [0.3, 0.4) is 0 Å². The number of hydrogen-bond donors (Lipinski definition) is 2. The Kier molecular flexibility index (Phi) is 7.23. The van der Waals surface area contributed by atoms with Crippen LogP contribution in [0.5, 0.6) is 0 Å². The number of rotatable bonds is 8. The molecule has 1 aliphatic carbocycles. The van der Waals surface area contributed by atoms with Gasteiger partial charge in [0, 0.05) is 24.1 Å². The van der Waals surface area contributed by atoms with E-state index in [1.807, 2.05) is 31.2 Å². The first-order chi connectivity index (χ1) is 16.0. The average molecular weight is 469 g/mol. The molecule has 0 saturated carbocycles. The van der Waals surface area contributed by atoms with Gasteiger partial charge >= 0.3 is 12.1 Å². The second kappa shape index (κ2) is 10.3. The normalized spacial score (nSPS) is 17.8. The Morgan fingerprint density at radius 1 is 1.12 bits per heavy atom. The van der Waals surface area contributed by atoms with Crippen molar-refractivity contribution < 1.29 is 24.2 Å². The number of thioether (sulfide) groups is 1. The summed E-state index contributed by atoms with van der Waals surface area (Å²) in [5.74, 6) is -0.541. The maximum atomic E-state index is 12.7. The van der Waals surface area contributed by atoms with Gasteiger partial charge in [0.25, 0.3) is 0 Å². The lowest BCUT2D eigenvalue weighted by Crippen LogP contribution is -2.45. The van der Waals surface area contributed by atoms with Crippen molar-refractivity contribution in [2.45, 2.75) is 44.2 Å². The van der Waals surface area contributed by atoms with Gasteiger partial charge in [-0.2, -0.15) is 0 Å². The molecule has 4 rings (SSSR count). The third-order valence-electron chi connectivity index (χ3n) is 6.21. The molecule has 1 unspecified atom stereocenters. The van der Waals surface area contributed by atoms with Crippen molar-refractivity contribution in [2.75, 3.05) is 18.2 Å². The molecule has 174 valence electrons. The summed E-state index contributed by atoms with van der Waals surface area (Å²) in [6.07, 6.45) is 0.879. The zero-order chi connectivity index (χ0) is 23.4. The Morgan fingerprint density at radius 2 is 1.76 bits per heavy atom. The molecule has 2 aromatic rings. The van der Waals surface area contributed by atoms with E-state index in [9.17, 15) is 19.5 Å². The molecule has 33 heavy (non-hydrogen) atoms. The van der Waals surface area contributed by atoms with E-state index in [1.165, 1.54) is 16.7 Å². The number of carbonyl (C=O) groups excluding carboxylic acids is 2. The minimum Gasteiger partial charge on any atom is -0.480 e. The van der Waals surface area contributed by atoms with Crippen LogP contribution < -0.4 is 5.32 Å². The number of hydrogen-bond acceptors (Lipinski definition) is 5. The summed E-state index contributed by atoms with van der Waals surface area (Å²) < 4.78 is 5.61. The van der Waals surface area contributed by atoms with E-state index in [1.54, 1.807) is 0 Å². The molecular weight excluding hydrogens is 440 g/mol. The van der Waals surface area contributed by atoms with Crippen LogP contribution in [0.1, 0.15) is 43.2 Å². The van der Waals surface area contributed by atoms with Crippen LogP contribution in [-0.2, 0) is 14.3 Å². The van der Waals surface area contributed by atoms with Crippen molar-refractivity contribution in [2.24, 2.45) is 0 Å². The molecule has 1 heterocycles. The van der Waals surface area contributed by atoms with E-state index in [0.717, 1.165) is 28.7 Å². The number of carboxylic acids is 1.